The number of hydrogen-bond donors (Lipinski definition) is 1. The van der Waals surface area contributed by atoms with E-state index in [4.69, 9.17) is 10.8 Å². The third-order valence-electron chi connectivity index (χ3n) is 4.73. The van der Waals surface area contributed by atoms with Crippen molar-refractivity contribution in [3.63, 3.8) is 0 Å². The van der Waals surface area contributed by atoms with Crippen molar-refractivity contribution in [2.45, 2.75) is 76.2 Å². The van der Waals surface area contributed by atoms with Gasteiger partial charge in [0.05, 0.1) is 17.4 Å². The van der Waals surface area contributed by atoms with Crippen molar-refractivity contribution in [1.29, 1.82) is 0 Å². The van der Waals surface area contributed by atoms with Gasteiger partial charge in [0.1, 0.15) is 0 Å². The van der Waals surface area contributed by atoms with Crippen molar-refractivity contribution in [2.75, 3.05) is 5.73 Å². The number of hydrogen-bond acceptors (Lipinski definition) is 2. The minimum Gasteiger partial charge on any atom is -0.396 e. The average Bonchev–Trinajstić information content (AvgIpc) is 2.92. The molecule has 0 spiro atoms. The van der Waals surface area contributed by atoms with Crippen LogP contribution in [0.3, 0.4) is 0 Å². The van der Waals surface area contributed by atoms with E-state index < -0.39 is 0 Å². The fourth-order valence-electron chi connectivity index (χ4n) is 3.65. The Hall–Kier alpha value is -0.990. The van der Waals surface area contributed by atoms with E-state index >= 15 is 0 Å². The van der Waals surface area contributed by atoms with Crippen molar-refractivity contribution >= 4 is 5.69 Å². The van der Waals surface area contributed by atoms with Crippen LogP contribution in [0.1, 0.15) is 81.9 Å². The summed E-state index contributed by atoms with van der Waals surface area (Å²) in [5.74, 6) is 0.636. The Morgan fingerprint density at radius 2 is 1.56 bits per heavy atom. The lowest BCUT2D eigenvalue weighted by atomic mass is 10.0. The zero-order valence-electron chi connectivity index (χ0n) is 11.3. The van der Waals surface area contributed by atoms with E-state index in [0.29, 0.717) is 12.0 Å². The standard InChI is InChI=1S/C15H25N3/c16-14-11-18(13-9-3-1-2-4-10-13)17-15(14)12-7-5-6-8-12/h11-13H,1-10,16H2. The van der Waals surface area contributed by atoms with E-state index in [0.717, 1.165) is 5.69 Å². The molecule has 0 aliphatic heterocycles. The molecular weight excluding hydrogens is 222 g/mol. The summed E-state index contributed by atoms with van der Waals surface area (Å²) in [6.07, 6.45) is 15.4. The van der Waals surface area contributed by atoms with Gasteiger partial charge in [-0.1, -0.05) is 38.5 Å². The van der Waals surface area contributed by atoms with Gasteiger partial charge in [-0.3, -0.25) is 4.68 Å². The lowest BCUT2D eigenvalue weighted by molar-refractivity contribution is 0.401. The molecule has 3 rings (SSSR count). The number of nitrogens with zero attached hydrogens (tertiary/aromatic N) is 2. The van der Waals surface area contributed by atoms with Crippen molar-refractivity contribution in [2.24, 2.45) is 0 Å². The van der Waals surface area contributed by atoms with Crippen LogP contribution in [-0.2, 0) is 0 Å². The zero-order valence-corrected chi connectivity index (χ0v) is 11.3. The topological polar surface area (TPSA) is 43.8 Å². The van der Waals surface area contributed by atoms with Gasteiger partial charge in [0.25, 0.3) is 0 Å². The van der Waals surface area contributed by atoms with Crippen LogP contribution in [0.25, 0.3) is 0 Å². The lowest BCUT2D eigenvalue weighted by Crippen LogP contribution is -2.09. The van der Waals surface area contributed by atoms with E-state index in [1.54, 1.807) is 0 Å². The number of nitrogen functional groups attached to an aromatic ring is 1. The van der Waals surface area contributed by atoms with Gasteiger partial charge in [-0.15, -0.1) is 0 Å². The Bertz CT molecular complexity index is 382. The predicted octanol–water partition coefficient (Wildman–Crippen LogP) is 4.02. The molecule has 3 nitrogen and oxygen atoms in total. The van der Waals surface area contributed by atoms with Crippen molar-refractivity contribution in [3.05, 3.63) is 11.9 Å². The maximum atomic E-state index is 6.18. The van der Waals surface area contributed by atoms with Gasteiger partial charge < -0.3 is 5.73 Å². The molecule has 0 aromatic carbocycles. The Morgan fingerprint density at radius 3 is 2.22 bits per heavy atom. The van der Waals surface area contributed by atoms with E-state index in [-0.39, 0.29) is 0 Å². The monoisotopic (exact) mass is 247 g/mol. The minimum atomic E-state index is 0.602. The molecule has 0 atom stereocenters. The van der Waals surface area contributed by atoms with Crippen LogP contribution in [-0.4, -0.2) is 9.78 Å². The third kappa shape index (κ3) is 2.40. The maximum Gasteiger partial charge on any atom is 0.0884 e. The Morgan fingerprint density at radius 1 is 0.944 bits per heavy atom. The molecule has 2 aliphatic carbocycles. The highest BCUT2D eigenvalue weighted by atomic mass is 15.3. The summed E-state index contributed by atoms with van der Waals surface area (Å²) in [5.41, 5.74) is 8.31. The SMILES string of the molecule is Nc1cn(C2CCCCCC2)nc1C1CCCC1. The van der Waals surface area contributed by atoms with Crippen molar-refractivity contribution in [1.82, 2.24) is 9.78 Å². The molecule has 2 fully saturated rings. The highest BCUT2D eigenvalue weighted by Crippen LogP contribution is 2.37. The molecule has 2 aliphatic rings. The Kier molecular flexibility index (Phi) is 3.57. The van der Waals surface area contributed by atoms with Gasteiger partial charge in [-0.2, -0.15) is 5.10 Å². The van der Waals surface area contributed by atoms with Crippen LogP contribution < -0.4 is 5.73 Å². The normalized spacial score (nSPS) is 23.3. The molecule has 0 bridgehead atoms. The molecule has 0 radical (unpaired) electrons. The van der Waals surface area contributed by atoms with Gasteiger partial charge in [-0.25, -0.2) is 0 Å². The number of aromatic nitrogens is 2. The van der Waals surface area contributed by atoms with Crippen LogP contribution in [0.5, 0.6) is 0 Å². The Balaban J connectivity index is 1.77. The van der Waals surface area contributed by atoms with Crippen LogP contribution in [0, 0.1) is 0 Å². The quantitative estimate of drug-likeness (QED) is 0.802. The van der Waals surface area contributed by atoms with E-state index in [1.807, 2.05) is 0 Å². The number of rotatable bonds is 2. The van der Waals surface area contributed by atoms with Crippen LogP contribution in [0.4, 0.5) is 5.69 Å². The largest absolute Gasteiger partial charge is 0.396 e. The molecule has 18 heavy (non-hydrogen) atoms. The average molecular weight is 247 g/mol. The lowest BCUT2D eigenvalue weighted by Gasteiger charge is -2.14. The van der Waals surface area contributed by atoms with Gasteiger partial charge in [0.15, 0.2) is 0 Å². The van der Waals surface area contributed by atoms with Crippen LogP contribution in [0.2, 0.25) is 0 Å². The number of anilines is 1. The Labute approximate surface area is 110 Å². The fraction of sp³-hybridized carbons (Fsp3) is 0.800. The second kappa shape index (κ2) is 5.33. The van der Waals surface area contributed by atoms with Gasteiger partial charge in [0.2, 0.25) is 0 Å². The first kappa shape index (κ1) is 12.1. The van der Waals surface area contributed by atoms with Gasteiger partial charge >= 0.3 is 0 Å². The summed E-state index contributed by atoms with van der Waals surface area (Å²) >= 11 is 0. The van der Waals surface area contributed by atoms with Crippen molar-refractivity contribution in [3.8, 4) is 0 Å². The molecule has 3 heteroatoms. The van der Waals surface area contributed by atoms with E-state index in [2.05, 4.69) is 10.9 Å². The molecule has 1 aromatic rings. The van der Waals surface area contributed by atoms with Gasteiger partial charge in [0, 0.05) is 12.1 Å². The van der Waals surface area contributed by atoms with Crippen LogP contribution in [0.15, 0.2) is 6.20 Å². The molecule has 0 amide bonds. The zero-order chi connectivity index (χ0) is 12.4. The summed E-state index contributed by atoms with van der Waals surface area (Å²) in [6, 6.07) is 0.602. The molecule has 100 valence electrons. The van der Waals surface area contributed by atoms with E-state index in [1.165, 1.54) is 69.9 Å². The second-order valence-electron chi connectivity index (χ2n) is 6.08. The first-order valence-electron chi connectivity index (χ1n) is 7.69. The molecule has 1 heterocycles. The highest BCUT2D eigenvalue weighted by Gasteiger charge is 2.24. The van der Waals surface area contributed by atoms with E-state index in [9.17, 15) is 0 Å². The molecule has 2 N–H and O–H groups in total. The second-order valence-corrected chi connectivity index (χ2v) is 6.08. The molecular formula is C15H25N3. The summed E-state index contributed by atoms with van der Waals surface area (Å²) in [4.78, 5) is 0. The number of nitrogens with two attached hydrogens (primary N) is 1. The first-order chi connectivity index (χ1) is 8.84. The maximum absolute atomic E-state index is 6.18. The molecule has 1 aromatic heterocycles. The summed E-state index contributed by atoms with van der Waals surface area (Å²) < 4.78 is 2.19. The summed E-state index contributed by atoms with van der Waals surface area (Å²) in [7, 11) is 0. The molecule has 0 saturated heterocycles. The highest BCUT2D eigenvalue weighted by molar-refractivity contribution is 5.43. The molecule has 0 unspecified atom stereocenters. The summed E-state index contributed by atoms with van der Waals surface area (Å²) in [5, 5.41) is 4.85. The smallest absolute Gasteiger partial charge is 0.0884 e. The molecule has 2 saturated carbocycles. The minimum absolute atomic E-state index is 0.602. The van der Waals surface area contributed by atoms with Crippen molar-refractivity contribution < 1.29 is 0 Å². The third-order valence-corrected chi connectivity index (χ3v) is 4.73. The fourth-order valence-corrected chi connectivity index (χ4v) is 3.65. The van der Waals surface area contributed by atoms with Gasteiger partial charge in [-0.05, 0) is 25.7 Å². The van der Waals surface area contributed by atoms with Crippen LogP contribution >= 0.6 is 0 Å². The first-order valence-corrected chi connectivity index (χ1v) is 7.69. The summed E-state index contributed by atoms with van der Waals surface area (Å²) in [6.45, 7) is 0. The predicted molar refractivity (Wildman–Crippen MR) is 74.6 cm³/mol.